The smallest absolute Gasteiger partial charge is 0.287 e. The summed E-state index contributed by atoms with van der Waals surface area (Å²) >= 11 is 0.713. The van der Waals surface area contributed by atoms with Crippen molar-refractivity contribution in [1.29, 1.82) is 0 Å². The van der Waals surface area contributed by atoms with Crippen LogP contribution in [0, 0.1) is 5.92 Å². The van der Waals surface area contributed by atoms with Crippen molar-refractivity contribution < 1.29 is 19.1 Å². The summed E-state index contributed by atoms with van der Waals surface area (Å²) in [6.07, 6.45) is 4.51. The first-order valence-corrected chi connectivity index (χ1v) is 10.8. The summed E-state index contributed by atoms with van der Waals surface area (Å²) in [5.41, 5.74) is 1.01. The van der Waals surface area contributed by atoms with Crippen molar-refractivity contribution in [3.05, 3.63) is 59.7 Å². The van der Waals surface area contributed by atoms with Crippen LogP contribution in [0.2, 0.25) is 0 Å². The highest BCUT2D eigenvalue weighted by molar-refractivity contribution is 8.26. The van der Waals surface area contributed by atoms with E-state index in [2.05, 4.69) is 17.4 Å². The molecule has 5 nitrogen and oxygen atoms in total. The van der Waals surface area contributed by atoms with Crippen molar-refractivity contribution in [2.75, 3.05) is 13.2 Å². The lowest BCUT2D eigenvalue weighted by Gasteiger charge is -2.22. The highest BCUT2D eigenvalue weighted by atomic mass is 32.2. The molecule has 2 aliphatic rings. The average Bonchev–Trinajstić information content (AvgIpc) is 3.48. The van der Waals surface area contributed by atoms with Crippen LogP contribution in [0.5, 0.6) is 11.5 Å². The van der Waals surface area contributed by atoms with Gasteiger partial charge in [0.05, 0.1) is 13.2 Å². The molecule has 0 bridgehead atoms. The second kappa shape index (κ2) is 8.49. The number of nitrogens with one attached hydrogen (secondary N) is 1. The van der Waals surface area contributed by atoms with Crippen LogP contribution in [0.3, 0.4) is 0 Å². The van der Waals surface area contributed by atoms with Gasteiger partial charge in [-0.2, -0.15) is 0 Å². The van der Waals surface area contributed by atoms with E-state index in [1.807, 2.05) is 36.4 Å². The van der Waals surface area contributed by atoms with E-state index in [4.69, 9.17) is 9.47 Å². The lowest BCUT2D eigenvalue weighted by atomic mass is 9.93. The number of hydrogen-bond donors (Lipinski definition) is 1. The molecule has 1 atom stereocenters. The Bertz CT molecular complexity index is 911. The van der Waals surface area contributed by atoms with Gasteiger partial charge in [-0.15, -0.1) is 0 Å². The van der Waals surface area contributed by atoms with Crippen LogP contribution in [-0.4, -0.2) is 23.6 Å². The Morgan fingerprint density at radius 1 is 1.07 bits per heavy atom. The fourth-order valence-electron chi connectivity index (χ4n) is 3.43. The van der Waals surface area contributed by atoms with Crippen LogP contribution in [0.15, 0.2) is 48.5 Å². The Morgan fingerprint density at radius 3 is 2.62 bits per heavy atom. The van der Waals surface area contributed by atoms with Crippen LogP contribution < -0.4 is 14.8 Å². The Hall–Kier alpha value is -2.47. The van der Waals surface area contributed by atoms with Gasteiger partial charge in [0, 0.05) is 18.2 Å². The summed E-state index contributed by atoms with van der Waals surface area (Å²) in [5.74, 6) is 2.48. The number of amides is 1. The molecule has 0 radical (unpaired) electrons. The fraction of sp³-hybridized carbons (Fsp3) is 0.391. The fourth-order valence-corrected chi connectivity index (χ4v) is 4.23. The minimum atomic E-state index is -1.00. The number of rotatable bonds is 9. The van der Waals surface area contributed by atoms with E-state index in [1.54, 1.807) is 6.92 Å². The van der Waals surface area contributed by atoms with E-state index in [-0.39, 0.29) is 10.4 Å². The number of para-hydroxylation sites is 1. The van der Waals surface area contributed by atoms with Crippen molar-refractivity contribution in [2.45, 2.75) is 38.1 Å². The molecule has 1 aliphatic carbocycles. The highest BCUT2D eigenvalue weighted by Gasteiger charge is 2.44. The molecule has 4 rings (SSSR count). The van der Waals surface area contributed by atoms with Crippen LogP contribution in [0.1, 0.15) is 37.3 Å². The maximum Gasteiger partial charge on any atom is 0.287 e. The molecule has 29 heavy (non-hydrogen) atoms. The number of carbonyl (C=O) groups excluding carboxylic acids is 2. The third-order valence-electron chi connectivity index (χ3n) is 5.35. The molecule has 0 aromatic heterocycles. The van der Waals surface area contributed by atoms with Crippen molar-refractivity contribution >= 4 is 22.1 Å². The molecular weight excluding hydrogens is 386 g/mol. The topological polar surface area (TPSA) is 64.6 Å². The highest BCUT2D eigenvalue weighted by Crippen LogP contribution is 2.36. The second-order valence-corrected chi connectivity index (χ2v) is 8.71. The summed E-state index contributed by atoms with van der Waals surface area (Å²) < 4.78 is 11.8. The Kier molecular flexibility index (Phi) is 5.81. The number of ether oxygens (including phenoxy) is 2. The predicted molar refractivity (Wildman–Crippen MR) is 113 cm³/mol. The first-order chi connectivity index (χ1) is 14.0. The van der Waals surface area contributed by atoms with Crippen LogP contribution in [-0.2, 0) is 16.8 Å². The van der Waals surface area contributed by atoms with E-state index in [0.717, 1.165) is 30.1 Å². The average molecular weight is 412 g/mol. The lowest BCUT2D eigenvalue weighted by molar-refractivity contribution is -0.115. The molecule has 152 valence electrons. The first-order valence-electron chi connectivity index (χ1n) is 10.0. The number of hydrogen-bond acceptors (Lipinski definition) is 5. The maximum absolute atomic E-state index is 12.2. The van der Waals surface area contributed by atoms with Crippen molar-refractivity contribution in [3.63, 3.8) is 0 Å². The molecule has 2 aromatic carbocycles. The van der Waals surface area contributed by atoms with Crippen LogP contribution in [0.25, 0.3) is 0 Å². The first kappa shape index (κ1) is 19.8. The number of thioether (sulfide) groups is 1. The lowest BCUT2D eigenvalue weighted by Crippen LogP contribution is -2.39. The molecule has 1 amide bonds. The predicted octanol–water partition coefficient (Wildman–Crippen LogP) is 4.69. The SMILES string of the molecule is CC1(c2cccc(OCCCOc3ccccc3CC3CC3)c2)NC(=O)SC1=O. The molecule has 1 saturated carbocycles. The molecule has 1 saturated heterocycles. The zero-order valence-electron chi connectivity index (χ0n) is 16.5. The zero-order chi connectivity index (χ0) is 20.3. The van der Waals surface area contributed by atoms with Gasteiger partial charge in [0.1, 0.15) is 17.0 Å². The van der Waals surface area contributed by atoms with E-state index < -0.39 is 5.54 Å². The van der Waals surface area contributed by atoms with Gasteiger partial charge < -0.3 is 14.8 Å². The van der Waals surface area contributed by atoms with Gasteiger partial charge in [0.15, 0.2) is 0 Å². The molecule has 2 aromatic rings. The summed E-state index contributed by atoms with van der Waals surface area (Å²) in [4.78, 5) is 23.7. The minimum Gasteiger partial charge on any atom is -0.493 e. The molecular formula is C23H25NO4S. The third-order valence-corrected chi connectivity index (χ3v) is 6.23. The van der Waals surface area contributed by atoms with E-state index >= 15 is 0 Å². The van der Waals surface area contributed by atoms with Gasteiger partial charge >= 0.3 is 0 Å². The normalized spacial score (nSPS) is 21.1. The Morgan fingerprint density at radius 2 is 1.86 bits per heavy atom. The molecule has 6 heteroatoms. The van der Waals surface area contributed by atoms with Gasteiger partial charge in [-0.3, -0.25) is 9.59 Å². The Labute approximate surface area is 175 Å². The molecule has 1 aliphatic heterocycles. The standard InChI is InChI=1S/C23H25NO4S/c1-23(21(25)29-22(26)24-23)18-7-4-8-19(15-18)27-12-5-13-28-20-9-3-2-6-17(20)14-16-10-11-16/h2-4,6-9,15-16H,5,10-14H2,1H3,(H,24,26). The minimum absolute atomic E-state index is 0.196. The number of benzene rings is 2. The molecule has 0 spiro atoms. The van der Waals surface area contributed by atoms with E-state index in [9.17, 15) is 9.59 Å². The van der Waals surface area contributed by atoms with Crippen molar-refractivity contribution in [3.8, 4) is 11.5 Å². The van der Waals surface area contributed by atoms with Crippen LogP contribution in [0.4, 0.5) is 4.79 Å². The summed E-state index contributed by atoms with van der Waals surface area (Å²) in [6.45, 7) is 2.82. The third kappa shape index (κ3) is 4.75. The van der Waals surface area contributed by atoms with E-state index in [0.29, 0.717) is 30.7 Å². The van der Waals surface area contributed by atoms with Gasteiger partial charge in [-0.05, 0) is 61.4 Å². The van der Waals surface area contributed by atoms with E-state index in [1.165, 1.54) is 18.4 Å². The summed E-state index contributed by atoms with van der Waals surface area (Å²) in [6, 6.07) is 15.6. The Balaban J connectivity index is 1.27. The molecule has 1 heterocycles. The quantitative estimate of drug-likeness (QED) is 0.607. The second-order valence-electron chi connectivity index (χ2n) is 7.76. The largest absolute Gasteiger partial charge is 0.493 e. The monoisotopic (exact) mass is 411 g/mol. The number of carbonyl (C=O) groups is 2. The molecule has 1 unspecified atom stereocenters. The van der Waals surface area contributed by atoms with Gasteiger partial charge in [-0.1, -0.05) is 30.3 Å². The summed E-state index contributed by atoms with van der Waals surface area (Å²) in [7, 11) is 0. The molecule has 1 N–H and O–H groups in total. The zero-order valence-corrected chi connectivity index (χ0v) is 17.3. The van der Waals surface area contributed by atoms with Gasteiger partial charge in [-0.25, -0.2) is 0 Å². The van der Waals surface area contributed by atoms with Crippen molar-refractivity contribution in [2.24, 2.45) is 5.92 Å². The summed E-state index contributed by atoms with van der Waals surface area (Å²) in [5, 5.41) is 2.23. The van der Waals surface area contributed by atoms with Gasteiger partial charge in [0.25, 0.3) is 5.24 Å². The maximum atomic E-state index is 12.2. The van der Waals surface area contributed by atoms with Crippen molar-refractivity contribution in [1.82, 2.24) is 5.32 Å². The molecule has 2 fully saturated rings. The van der Waals surface area contributed by atoms with Crippen LogP contribution >= 0.6 is 11.8 Å². The van der Waals surface area contributed by atoms with Gasteiger partial charge in [0.2, 0.25) is 5.12 Å².